The lowest BCUT2D eigenvalue weighted by Crippen LogP contribution is -2.07. The van der Waals surface area contributed by atoms with Gasteiger partial charge in [0.15, 0.2) is 0 Å². The van der Waals surface area contributed by atoms with Crippen LogP contribution >= 0.6 is 15.9 Å². The molecule has 0 saturated heterocycles. The first-order chi connectivity index (χ1) is 7.87. The lowest BCUT2D eigenvalue weighted by Gasteiger charge is -2.08. The van der Waals surface area contributed by atoms with Gasteiger partial charge in [-0.15, -0.1) is 10.2 Å². The molecule has 0 unspecified atom stereocenters. The third kappa shape index (κ3) is 1.76. The molecule has 4 heteroatoms. The smallest absolute Gasteiger partial charge is 0.143 e. The Hall–Kier alpha value is -0.380. The van der Waals surface area contributed by atoms with E-state index in [1.54, 1.807) is 0 Å². The molecule has 1 aliphatic rings. The monoisotopic (exact) mass is 299 g/mol. The van der Waals surface area contributed by atoms with Gasteiger partial charge in [0.05, 0.1) is 5.33 Å². The van der Waals surface area contributed by atoms with E-state index in [2.05, 4.69) is 65.3 Å². The quantitative estimate of drug-likeness (QED) is 0.793. The summed E-state index contributed by atoms with van der Waals surface area (Å²) < 4.78 is 2.30. The largest absolute Gasteiger partial charge is 0.314 e. The zero-order valence-electron chi connectivity index (χ0n) is 11.4. The Morgan fingerprint density at radius 3 is 2.18 bits per heavy atom. The van der Waals surface area contributed by atoms with Crippen molar-refractivity contribution in [1.29, 1.82) is 0 Å². The van der Waals surface area contributed by atoms with E-state index in [4.69, 9.17) is 0 Å². The second-order valence-electron chi connectivity index (χ2n) is 6.14. The van der Waals surface area contributed by atoms with Crippen LogP contribution in [0.1, 0.15) is 58.6 Å². The van der Waals surface area contributed by atoms with E-state index in [-0.39, 0.29) is 0 Å². The molecule has 2 rings (SSSR count). The van der Waals surface area contributed by atoms with Gasteiger partial charge in [0.1, 0.15) is 11.6 Å². The molecule has 0 bridgehead atoms. The van der Waals surface area contributed by atoms with Crippen LogP contribution in [0.5, 0.6) is 0 Å². The average molecular weight is 300 g/mol. The van der Waals surface area contributed by atoms with Gasteiger partial charge in [-0.2, -0.15) is 0 Å². The van der Waals surface area contributed by atoms with E-state index in [9.17, 15) is 0 Å². The number of aromatic nitrogens is 3. The summed E-state index contributed by atoms with van der Waals surface area (Å²) in [5.41, 5.74) is 0.657. The number of nitrogens with zero attached hydrogens (tertiary/aromatic N) is 3. The second kappa shape index (κ2) is 4.08. The fraction of sp³-hybridized carbons (Fsp3) is 0.846. The summed E-state index contributed by atoms with van der Waals surface area (Å²) in [6.07, 6.45) is 1.12. The lowest BCUT2D eigenvalue weighted by atomic mass is 10.0. The molecule has 1 saturated carbocycles. The topological polar surface area (TPSA) is 30.7 Å². The van der Waals surface area contributed by atoms with Crippen LogP contribution in [0.3, 0.4) is 0 Å². The summed E-state index contributed by atoms with van der Waals surface area (Å²) in [5, 5.41) is 9.54. The van der Waals surface area contributed by atoms with Crippen molar-refractivity contribution in [3.8, 4) is 0 Å². The summed E-state index contributed by atoms with van der Waals surface area (Å²) in [5.74, 6) is 2.76. The molecule has 1 fully saturated rings. The summed E-state index contributed by atoms with van der Waals surface area (Å²) in [6, 6.07) is 0. The first-order valence-corrected chi connectivity index (χ1v) is 7.48. The third-order valence-corrected chi connectivity index (χ3v) is 5.20. The van der Waals surface area contributed by atoms with Crippen molar-refractivity contribution >= 4 is 15.9 Å². The minimum atomic E-state index is 0.328. The van der Waals surface area contributed by atoms with Gasteiger partial charge in [0.25, 0.3) is 0 Å². The average Bonchev–Trinajstić information content (AvgIpc) is 2.58. The van der Waals surface area contributed by atoms with Crippen LogP contribution in [0, 0.1) is 10.8 Å². The molecule has 0 aromatic carbocycles. The number of rotatable bonds is 4. The Bertz CT molecular complexity index is 406. The van der Waals surface area contributed by atoms with Crippen molar-refractivity contribution in [2.24, 2.45) is 10.8 Å². The van der Waals surface area contributed by atoms with Crippen LogP contribution in [-0.4, -0.2) is 14.8 Å². The van der Waals surface area contributed by atoms with Crippen molar-refractivity contribution < 1.29 is 0 Å². The predicted molar refractivity (Wildman–Crippen MR) is 73.2 cm³/mol. The van der Waals surface area contributed by atoms with Crippen LogP contribution in [0.15, 0.2) is 0 Å². The Kier molecular flexibility index (Phi) is 3.13. The molecular formula is C13H22BrN3. The summed E-state index contributed by atoms with van der Waals surface area (Å²) in [7, 11) is 0. The minimum absolute atomic E-state index is 0.328. The Labute approximate surface area is 112 Å². The molecule has 0 amide bonds. The zero-order chi connectivity index (χ0) is 12.8. The summed E-state index contributed by atoms with van der Waals surface area (Å²) in [4.78, 5) is 0. The molecular weight excluding hydrogens is 278 g/mol. The first-order valence-electron chi connectivity index (χ1n) is 6.35. The highest BCUT2D eigenvalue weighted by molar-refractivity contribution is 9.08. The molecule has 1 aliphatic carbocycles. The maximum atomic E-state index is 4.44. The predicted octanol–water partition coefficient (Wildman–Crippen LogP) is 3.73. The highest BCUT2D eigenvalue weighted by atomic mass is 79.9. The van der Waals surface area contributed by atoms with Crippen LogP contribution in [0.4, 0.5) is 0 Å². The normalized spacial score (nSPS) is 21.8. The fourth-order valence-corrected chi connectivity index (χ4v) is 3.39. The second-order valence-corrected chi connectivity index (χ2v) is 6.70. The molecule has 0 N–H and O–H groups in total. The molecule has 17 heavy (non-hydrogen) atoms. The summed E-state index contributed by atoms with van der Waals surface area (Å²) in [6.45, 7) is 12.5. The van der Waals surface area contributed by atoms with E-state index in [1.807, 2.05) is 0 Å². The highest BCUT2D eigenvalue weighted by Gasteiger charge is 2.67. The van der Waals surface area contributed by atoms with Gasteiger partial charge >= 0.3 is 0 Å². The first kappa shape index (κ1) is 13.1. The maximum absolute atomic E-state index is 4.44. The van der Waals surface area contributed by atoms with E-state index in [1.165, 1.54) is 5.82 Å². The van der Waals surface area contributed by atoms with Crippen molar-refractivity contribution in [2.45, 2.75) is 58.8 Å². The zero-order valence-corrected chi connectivity index (χ0v) is 13.0. The van der Waals surface area contributed by atoms with E-state index in [0.29, 0.717) is 16.7 Å². The molecule has 0 radical (unpaired) electrons. The van der Waals surface area contributed by atoms with Gasteiger partial charge in [0, 0.05) is 12.5 Å². The molecule has 0 atom stereocenters. The van der Waals surface area contributed by atoms with E-state index < -0.39 is 0 Å². The molecule has 1 aromatic heterocycles. The van der Waals surface area contributed by atoms with Gasteiger partial charge in [0.2, 0.25) is 0 Å². The van der Waals surface area contributed by atoms with Crippen LogP contribution in [-0.2, 0) is 11.9 Å². The number of hydrogen-bond acceptors (Lipinski definition) is 2. The number of hydrogen-bond donors (Lipinski definition) is 0. The lowest BCUT2D eigenvalue weighted by molar-refractivity contribution is 0.457. The van der Waals surface area contributed by atoms with Crippen molar-refractivity contribution in [3.63, 3.8) is 0 Å². The molecule has 0 spiro atoms. The van der Waals surface area contributed by atoms with Gasteiger partial charge in [-0.3, -0.25) is 0 Å². The minimum Gasteiger partial charge on any atom is -0.314 e. The molecule has 1 aromatic rings. The Balaban J connectivity index is 2.38. The Morgan fingerprint density at radius 2 is 1.76 bits per heavy atom. The molecule has 3 nitrogen and oxygen atoms in total. The highest BCUT2D eigenvalue weighted by Crippen LogP contribution is 2.73. The van der Waals surface area contributed by atoms with Crippen LogP contribution < -0.4 is 0 Å². The van der Waals surface area contributed by atoms with Crippen molar-refractivity contribution in [1.82, 2.24) is 14.8 Å². The SMILES string of the molecule is CCCn1c(CBr)nnc1C1C(C)(C)C1(C)C. The van der Waals surface area contributed by atoms with E-state index >= 15 is 0 Å². The molecule has 0 aliphatic heterocycles. The Morgan fingerprint density at radius 1 is 1.18 bits per heavy atom. The molecule has 96 valence electrons. The number of halogens is 1. The summed E-state index contributed by atoms with van der Waals surface area (Å²) >= 11 is 3.49. The molecule has 1 heterocycles. The van der Waals surface area contributed by atoms with Gasteiger partial charge < -0.3 is 4.57 Å². The van der Waals surface area contributed by atoms with E-state index in [0.717, 1.165) is 24.1 Å². The fourth-order valence-electron chi connectivity index (χ4n) is 2.97. The van der Waals surface area contributed by atoms with Crippen molar-refractivity contribution in [2.75, 3.05) is 0 Å². The van der Waals surface area contributed by atoms with Crippen LogP contribution in [0.25, 0.3) is 0 Å². The number of alkyl halides is 1. The third-order valence-electron chi connectivity index (χ3n) is 4.70. The van der Waals surface area contributed by atoms with Gasteiger partial charge in [-0.25, -0.2) is 0 Å². The van der Waals surface area contributed by atoms with Gasteiger partial charge in [-0.1, -0.05) is 50.5 Å². The van der Waals surface area contributed by atoms with Crippen LogP contribution in [0.2, 0.25) is 0 Å². The van der Waals surface area contributed by atoms with Crippen molar-refractivity contribution in [3.05, 3.63) is 11.6 Å². The standard InChI is InChI=1S/C13H22BrN3/c1-6-7-17-9(8-14)15-16-11(17)10-12(2,3)13(10,4)5/h10H,6-8H2,1-5H3. The maximum Gasteiger partial charge on any atom is 0.143 e. The van der Waals surface area contributed by atoms with Gasteiger partial charge in [-0.05, 0) is 17.3 Å².